The molecule has 0 radical (unpaired) electrons. The van der Waals surface area contributed by atoms with E-state index in [4.69, 9.17) is 4.74 Å². The highest BCUT2D eigenvalue weighted by atomic mass is 16.5. The molecule has 2 rings (SSSR count). The van der Waals surface area contributed by atoms with Crippen LogP contribution in [0.25, 0.3) is 0 Å². The van der Waals surface area contributed by atoms with Gasteiger partial charge in [-0.3, -0.25) is 0 Å². The summed E-state index contributed by atoms with van der Waals surface area (Å²) in [6.07, 6.45) is 3.52. The van der Waals surface area contributed by atoms with Crippen molar-refractivity contribution in [1.82, 2.24) is 10.2 Å². The molecular weight excluding hydrogens is 216 g/mol. The summed E-state index contributed by atoms with van der Waals surface area (Å²) in [6, 6.07) is 9.68. The highest BCUT2D eigenvalue weighted by Gasteiger charge is 2.15. The zero-order valence-electron chi connectivity index (χ0n) is 9.80. The third-order valence-corrected chi connectivity index (χ3v) is 2.57. The van der Waals surface area contributed by atoms with E-state index >= 15 is 0 Å². The SMILES string of the molecule is CN1C=CC(NC(=O)OCc2ccccc2)C1. The number of nitrogens with zero attached hydrogens (tertiary/aromatic N) is 1. The van der Waals surface area contributed by atoms with Crippen LogP contribution in [0.2, 0.25) is 0 Å². The number of hydrogen-bond donors (Lipinski definition) is 1. The number of amides is 1. The number of hydrogen-bond acceptors (Lipinski definition) is 3. The van der Waals surface area contributed by atoms with Gasteiger partial charge in [0.05, 0.1) is 6.04 Å². The average molecular weight is 232 g/mol. The molecule has 0 aliphatic carbocycles. The standard InChI is InChI=1S/C13H16N2O2/c1-15-8-7-12(9-15)14-13(16)17-10-11-5-3-2-4-6-11/h2-8,12H,9-10H2,1H3,(H,14,16). The Labute approximate surface area is 101 Å². The van der Waals surface area contributed by atoms with Crippen molar-refractivity contribution in [3.05, 3.63) is 48.2 Å². The predicted octanol–water partition coefficient (Wildman–Crippen LogP) is 1.74. The van der Waals surface area contributed by atoms with E-state index in [0.717, 1.165) is 12.1 Å². The first-order chi connectivity index (χ1) is 8.24. The topological polar surface area (TPSA) is 41.6 Å². The Balaban J connectivity index is 1.73. The molecule has 1 aliphatic heterocycles. The molecule has 1 aliphatic rings. The fourth-order valence-corrected chi connectivity index (χ4v) is 1.69. The largest absolute Gasteiger partial charge is 0.445 e. The van der Waals surface area contributed by atoms with Gasteiger partial charge in [-0.2, -0.15) is 0 Å². The van der Waals surface area contributed by atoms with Crippen molar-refractivity contribution in [2.24, 2.45) is 0 Å². The molecule has 1 aromatic rings. The number of alkyl carbamates (subject to hydrolysis) is 1. The fourth-order valence-electron chi connectivity index (χ4n) is 1.69. The van der Waals surface area contributed by atoms with Crippen molar-refractivity contribution < 1.29 is 9.53 Å². The summed E-state index contributed by atoms with van der Waals surface area (Å²) >= 11 is 0. The van der Waals surface area contributed by atoms with Gasteiger partial charge >= 0.3 is 6.09 Å². The number of benzene rings is 1. The van der Waals surface area contributed by atoms with Crippen LogP contribution in [0.1, 0.15) is 5.56 Å². The molecule has 1 heterocycles. The molecule has 0 saturated carbocycles. The first-order valence-electron chi connectivity index (χ1n) is 5.60. The van der Waals surface area contributed by atoms with Crippen LogP contribution in [-0.4, -0.2) is 30.6 Å². The van der Waals surface area contributed by atoms with Crippen molar-refractivity contribution in [3.63, 3.8) is 0 Å². The lowest BCUT2D eigenvalue weighted by atomic mass is 10.2. The van der Waals surface area contributed by atoms with Crippen LogP contribution < -0.4 is 5.32 Å². The Morgan fingerprint density at radius 2 is 2.24 bits per heavy atom. The number of carbonyl (C=O) groups is 1. The summed E-state index contributed by atoms with van der Waals surface area (Å²) in [6.45, 7) is 1.10. The smallest absolute Gasteiger partial charge is 0.407 e. The van der Waals surface area contributed by atoms with Gasteiger partial charge in [-0.1, -0.05) is 30.3 Å². The first-order valence-corrected chi connectivity index (χ1v) is 5.60. The van der Waals surface area contributed by atoms with Crippen LogP contribution in [0.3, 0.4) is 0 Å². The van der Waals surface area contributed by atoms with E-state index in [2.05, 4.69) is 5.32 Å². The third-order valence-electron chi connectivity index (χ3n) is 2.57. The van der Waals surface area contributed by atoms with E-state index < -0.39 is 0 Å². The molecular formula is C13H16N2O2. The molecule has 1 aromatic carbocycles. The molecule has 1 amide bonds. The Bertz CT molecular complexity index is 403. The van der Waals surface area contributed by atoms with Crippen LogP contribution in [0.15, 0.2) is 42.6 Å². The van der Waals surface area contributed by atoms with Gasteiger partial charge in [0.1, 0.15) is 6.61 Å². The number of rotatable bonds is 3. The zero-order chi connectivity index (χ0) is 12.1. The monoisotopic (exact) mass is 232 g/mol. The highest BCUT2D eigenvalue weighted by molar-refractivity contribution is 5.68. The van der Waals surface area contributed by atoms with Gasteiger partial charge in [-0.15, -0.1) is 0 Å². The van der Waals surface area contributed by atoms with E-state index in [1.165, 1.54) is 0 Å². The van der Waals surface area contributed by atoms with E-state index in [0.29, 0.717) is 6.61 Å². The van der Waals surface area contributed by atoms with Crippen LogP contribution >= 0.6 is 0 Å². The normalized spacial score (nSPS) is 18.2. The first kappa shape index (κ1) is 11.5. The summed E-state index contributed by atoms with van der Waals surface area (Å²) < 4.78 is 5.12. The maximum absolute atomic E-state index is 11.5. The zero-order valence-corrected chi connectivity index (χ0v) is 9.80. The molecule has 1 N–H and O–H groups in total. The molecule has 90 valence electrons. The van der Waals surface area contributed by atoms with Gasteiger partial charge in [-0.25, -0.2) is 4.79 Å². The second-order valence-electron chi connectivity index (χ2n) is 4.09. The molecule has 4 heteroatoms. The van der Waals surface area contributed by atoms with Gasteiger partial charge < -0.3 is 15.0 Å². The lowest BCUT2D eigenvalue weighted by Gasteiger charge is -2.14. The molecule has 0 fully saturated rings. The second-order valence-corrected chi connectivity index (χ2v) is 4.09. The Morgan fingerprint density at radius 1 is 1.47 bits per heavy atom. The summed E-state index contributed by atoms with van der Waals surface area (Å²) in [5.74, 6) is 0. The maximum atomic E-state index is 11.5. The fraction of sp³-hybridized carbons (Fsp3) is 0.308. The molecule has 0 bridgehead atoms. The Morgan fingerprint density at radius 3 is 2.88 bits per heavy atom. The Hall–Kier alpha value is -1.97. The number of carbonyl (C=O) groups excluding carboxylic acids is 1. The Kier molecular flexibility index (Phi) is 3.65. The minimum atomic E-state index is -0.376. The van der Waals surface area contributed by atoms with Gasteiger partial charge in [0.2, 0.25) is 0 Å². The van der Waals surface area contributed by atoms with Crippen LogP contribution in [-0.2, 0) is 11.3 Å². The molecule has 0 saturated heterocycles. The molecule has 1 unspecified atom stereocenters. The van der Waals surface area contributed by atoms with Crippen molar-refractivity contribution in [2.75, 3.05) is 13.6 Å². The van der Waals surface area contributed by atoms with Gasteiger partial charge in [-0.05, 0) is 17.8 Å². The van der Waals surface area contributed by atoms with E-state index in [-0.39, 0.29) is 12.1 Å². The van der Waals surface area contributed by atoms with Crippen LogP contribution in [0.5, 0.6) is 0 Å². The van der Waals surface area contributed by atoms with E-state index in [9.17, 15) is 4.79 Å². The molecule has 4 nitrogen and oxygen atoms in total. The molecule has 1 atom stereocenters. The highest BCUT2D eigenvalue weighted by Crippen LogP contribution is 2.04. The lowest BCUT2D eigenvalue weighted by Crippen LogP contribution is -2.37. The van der Waals surface area contributed by atoms with Crippen molar-refractivity contribution >= 4 is 6.09 Å². The summed E-state index contributed by atoms with van der Waals surface area (Å²) in [5.41, 5.74) is 0.988. The predicted molar refractivity (Wildman–Crippen MR) is 65.3 cm³/mol. The minimum Gasteiger partial charge on any atom is -0.445 e. The maximum Gasteiger partial charge on any atom is 0.407 e. The van der Waals surface area contributed by atoms with E-state index in [1.807, 2.05) is 54.6 Å². The average Bonchev–Trinajstić information content (AvgIpc) is 2.73. The summed E-state index contributed by atoms with van der Waals surface area (Å²) in [7, 11) is 1.97. The molecule has 0 spiro atoms. The van der Waals surface area contributed by atoms with Crippen molar-refractivity contribution in [3.8, 4) is 0 Å². The van der Waals surface area contributed by atoms with Crippen molar-refractivity contribution in [1.29, 1.82) is 0 Å². The minimum absolute atomic E-state index is 0.0447. The lowest BCUT2D eigenvalue weighted by molar-refractivity contribution is 0.137. The van der Waals surface area contributed by atoms with Gasteiger partial charge in [0.15, 0.2) is 0 Å². The van der Waals surface area contributed by atoms with Crippen LogP contribution in [0, 0.1) is 0 Å². The third kappa shape index (κ3) is 3.52. The van der Waals surface area contributed by atoms with Crippen LogP contribution in [0.4, 0.5) is 4.79 Å². The summed E-state index contributed by atoms with van der Waals surface area (Å²) in [4.78, 5) is 13.5. The molecule has 17 heavy (non-hydrogen) atoms. The molecule has 0 aromatic heterocycles. The van der Waals surface area contributed by atoms with Gasteiger partial charge in [0, 0.05) is 13.6 Å². The quantitative estimate of drug-likeness (QED) is 0.863. The van der Waals surface area contributed by atoms with Crippen molar-refractivity contribution in [2.45, 2.75) is 12.6 Å². The summed E-state index contributed by atoms with van der Waals surface area (Å²) in [5, 5.41) is 2.79. The number of nitrogens with one attached hydrogen (secondary N) is 1. The number of ether oxygens (including phenoxy) is 1. The van der Waals surface area contributed by atoms with Gasteiger partial charge in [0.25, 0.3) is 0 Å². The van der Waals surface area contributed by atoms with E-state index in [1.54, 1.807) is 0 Å². The second kappa shape index (κ2) is 5.39. The number of likely N-dealkylation sites (N-methyl/N-ethyl adjacent to an activating group) is 1.